The summed E-state index contributed by atoms with van der Waals surface area (Å²) in [6.07, 6.45) is 5.08. The predicted molar refractivity (Wildman–Crippen MR) is 225 cm³/mol. The molecule has 0 saturated heterocycles. The minimum atomic E-state index is -2.80. The summed E-state index contributed by atoms with van der Waals surface area (Å²) in [5.74, 6) is -0.122. The van der Waals surface area contributed by atoms with Crippen LogP contribution in [0.4, 0.5) is 40.6 Å². The van der Waals surface area contributed by atoms with E-state index in [-0.39, 0.29) is 40.5 Å². The number of nitrogens with zero attached hydrogens (tertiary/aromatic N) is 10. The summed E-state index contributed by atoms with van der Waals surface area (Å²) in [6, 6.07) is 7.43. The van der Waals surface area contributed by atoms with E-state index < -0.39 is 12.2 Å². The van der Waals surface area contributed by atoms with E-state index in [1.165, 1.54) is 23.9 Å². The molecule has 2 aliphatic heterocycles. The smallest absolute Gasteiger partial charge is 0.264 e. The number of nitrogens with one attached hydrogen (secondary N) is 2. The van der Waals surface area contributed by atoms with Gasteiger partial charge in [0.25, 0.3) is 6.43 Å². The van der Waals surface area contributed by atoms with E-state index in [0.717, 1.165) is 52.2 Å². The fourth-order valence-corrected chi connectivity index (χ4v) is 7.50. The zero-order valence-corrected chi connectivity index (χ0v) is 35.9. The number of anilines is 4. The molecular weight excluding hydrogens is 793 g/mol. The molecule has 0 saturated carbocycles. The number of amides is 2. The van der Waals surface area contributed by atoms with Gasteiger partial charge in [-0.05, 0) is 49.2 Å². The number of benzene rings is 2. The normalized spacial score (nSPS) is 13.3. The number of carbonyl (C=O) groups is 2. The number of aromatic nitrogens is 8. The van der Waals surface area contributed by atoms with Crippen molar-refractivity contribution < 1.29 is 27.2 Å². The van der Waals surface area contributed by atoms with E-state index in [9.17, 15) is 27.2 Å². The summed E-state index contributed by atoms with van der Waals surface area (Å²) in [4.78, 5) is 27.1. The maximum Gasteiger partial charge on any atom is 0.264 e. The summed E-state index contributed by atoms with van der Waals surface area (Å²) in [5, 5.41) is 23.2. The average Bonchev–Trinajstić information content (AvgIpc) is 4.02. The molecule has 2 aromatic carbocycles. The van der Waals surface area contributed by atoms with Gasteiger partial charge in [-0.25, -0.2) is 17.6 Å². The van der Waals surface area contributed by atoms with Crippen LogP contribution in [0.3, 0.4) is 0 Å². The van der Waals surface area contributed by atoms with Crippen LogP contribution < -0.4 is 10.6 Å². The van der Waals surface area contributed by atoms with Crippen molar-refractivity contribution in [2.45, 2.75) is 79.9 Å². The van der Waals surface area contributed by atoms with Crippen molar-refractivity contribution in [3.05, 3.63) is 94.8 Å². The Bertz CT molecular complexity index is 2540. The third-order valence-corrected chi connectivity index (χ3v) is 10.6. The molecule has 2 amide bonds. The Kier molecular flexibility index (Phi) is 13.3. The lowest BCUT2D eigenvalue weighted by Crippen LogP contribution is -2.34. The SMILES string of the molecule is CC.CC(=O)N1CCc2c(c(Nc3cc(C(F)F)c(-c4cnn(C)c4)cc3F)nn2C)C1.CC(=O)N1CCc2c(c(Nc3ccc(-c4cnn(C)c4)cc3F)nn2C(C)C)C1. The number of aryl methyl sites for hydroxylation is 3. The van der Waals surface area contributed by atoms with Gasteiger partial charge in [0, 0.05) is 119 Å². The Labute approximate surface area is 352 Å². The van der Waals surface area contributed by atoms with Crippen molar-refractivity contribution in [1.82, 2.24) is 48.9 Å². The van der Waals surface area contributed by atoms with Gasteiger partial charge in [0.05, 0.1) is 36.9 Å². The molecule has 0 fully saturated rings. The summed E-state index contributed by atoms with van der Waals surface area (Å²) in [5.41, 5.74) is 5.82. The second-order valence-electron chi connectivity index (χ2n) is 15.1. The van der Waals surface area contributed by atoms with E-state index in [1.54, 1.807) is 58.6 Å². The third-order valence-electron chi connectivity index (χ3n) is 10.6. The zero-order valence-electron chi connectivity index (χ0n) is 35.9. The summed E-state index contributed by atoms with van der Waals surface area (Å²) >= 11 is 0. The highest BCUT2D eigenvalue weighted by Crippen LogP contribution is 2.37. The van der Waals surface area contributed by atoms with Crippen molar-refractivity contribution in [2.75, 3.05) is 23.7 Å². The quantitative estimate of drug-likeness (QED) is 0.146. The molecule has 0 atom stereocenters. The summed E-state index contributed by atoms with van der Waals surface area (Å²) in [6.45, 7) is 13.3. The van der Waals surface area contributed by atoms with E-state index >= 15 is 0 Å². The standard InChI is InChI=1S/C21H25FN6O.C20H21F3N6O.C2H6/c1-13(2)28-20-7-8-27(14(3)29)12-17(20)21(25-28)24-19-6-5-15(9-18(19)22)16-10-23-26(4)11-16;1-11(30)29-5-4-18-15(10-29)20(26-28(18)3)25-17-7-14(19(22)23)13(6-16(17)21)12-8-24-27(2)9-12;1-2/h5-6,9-11,13H,7-8,12H2,1-4H3,(H,24,25);6-9,19H,4-5,10H2,1-3H3,(H,25,26);1-2H3. The van der Waals surface area contributed by atoms with Gasteiger partial charge in [0.15, 0.2) is 11.6 Å². The molecule has 0 aliphatic carbocycles. The van der Waals surface area contributed by atoms with Crippen molar-refractivity contribution >= 4 is 34.8 Å². The van der Waals surface area contributed by atoms with Crippen LogP contribution in [0.25, 0.3) is 22.3 Å². The largest absolute Gasteiger partial charge is 0.338 e. The fourth-order valence-electron chi connectivity index (χ4n) is 7.50. The predicted octanol–water partition coefficient (Wildman–Crippen LogP) is 8.22. The Morgan fingerprint density at radius 1 is 0.705 bits per heavy atom. The van der Waals surface area contributed by atoms with Crippen LogP contribution in [0.15, 0.2) is 55.1 Å². The third kappa shape index (κ3) is 9.47. The van der Waals surface area contributed by atoms with Gasteiger partial charge in [-0.15, -0.1) is 0 Å². The molecule has 0 spiro atoms. The molecule has 0 bridgehead atoms. The number of halogens is 4. The van der Waals surface area contributed by atoms with Crippen LogP contribution >= 0.6 is 0 Å². The lowest BCUT2D eigenvalue weighted by atomic mass is 10.0. The van der Waals surface area contributed by atoms with Gasteiger partial charge in [-0.2, -0.15) is 20.4 Å². The Morgan fingerprint density at radius 3 is 1.79 bits per heavy atom. The van der Waals surface area contributed by atoms with Crippen molar-refractivity contribution in [1.29, 1.82) is 0 Å². The lowest BCUT2D eigenvalue weighted by Gasteiger charge is -2.27. The van der Waals surface area contributed by atoms with Gasteiger partial charge in [-0.3, -0.25) is 28.3 Å². The maximum absolute atomic E-state index is 14.9. The number of hydrogen-bond donors (Lipinski definition) is 2. The minimum absolute atomic E-state index is 0.0332. The molecule has 14 nitrogen and oxygen atoms in total. The number of alkyl halides is 2. The lowest BCUT2D eigenvalue weighted by molar-refractivity contribution is -0.130. The van der Waals surface area contributed by atoms with Crippen LogP contribution in [0.1, 0.15) is 82.1 Å². The van der Waals surface area contributed by atoms with Crippen molar-refractivity contribution in [3.8, 4) is 22.3 Å². The topological polar surface area (TPSA) is 136 Å². The average molecular weight is 845 g/mol. The zero-order chi connectivity index (χ0) is 44.3. The highest BCUT2D eigenvalue weighted by molar-refractivity contribution is 5.76. The van der Waals surface area contributed by atoms with E-state index in [4.69, 9.17) is 5.10 Å². The molecule has 0 unspecified atom stereocenters. The molecule has 61 heavy (non-hydrogen) atoms. The first kappa shape index (κ1) is 44.1. The maximum atomic E-state index is 14.9. The van der Waals surface area contributed by atoms with Gasteiger partial charge >= 0.3 is 0 Å². The first-order valence-corrected chi connectivity index (χ1v) is 20.2. The molecular formula is C43H52F4N12O2. The number of carbonyl (C=O) groups excluding carboxylic acids is 2. The monoisotopic (exact) mass is 844 g/mol. The van der Waals surface area contributed by atoms with Crippen LogP contribution in [-0.2, 0) is 56.7 Å². The molecule has 0 radical (unpaired) electrons. The van der Waals surface area contributed by atoms with Crippen molar-refractivity contribution in [2.24, 2.45) is 21.1 Å². The molecule has 2 N–H and O–H groups in total. The highest BCUT2D eigenvalue weighted by Gasteiger charge is 2.29. The van der Waals surface area contributed by atoms with Crippen molar-refractivity contribution in [3.63, 3.8) is 0 Å². The van der Waals surface area contributed by atoms with Crippen LogP contribution in [-0.4, -0.2) is 73.8 Å². The minimum Gasteiger partial charge on any atom is -0.338 e. The molecule has 8 rings (SSSR count). The summed E-state index contributed by atoms with van der Waals surface area (Å²) < 4.78 is 64.0. The number of fused-ring (bicyclic) bond motifs is 2. The number of rotatable bonds is 8. The molecule has 6 aromatic rings. The second kappa shape index (κ2) is 18.4. The number of hydrogen-bond acceptors (Lipinski definition) is 8. The van der Waals surface area contributed by atoms with Crippen LogP contribution in [0.2, 0.25) is 0 Å². The summed E-state index contributed by atoms with van der Waals surface area (Å²) in [7, 11) is 5.25. The first-order chi connectivity index (χ1) is 29.1. The molecule has 2 aliphatic rings. The van der Waals surface area contributed by atoms with E-state index in [2.05, 4.69) is 39.8 Å². The van der Waals surface area contributed by atoms with Gasteiger partial charge in [0.1, 0.15) is 11.6 Å². The van der Waals surface area contributed by atoms with Crippen LogP contribution in [0.5, 0.6) is 0 Å². The van der Waals surface area contributed by atoms with Gasteiger partial charge < -0.3 is 20.4 Å². The van der Waals surface area contributed by atoms with E-state index in [0.29, 0.717) is 55.5 Å². The first-order valence-electron chi connectivity index (χ1n) is 20.2. The Hall–Kier alpha value is -6.46. The van der Waals surface area contributed by atoms with E-state index in [1.807, 2.05) is 37.8 Å². The van der Waals surface area contributed by atoms with Gasteiger partial charge in [0.2, 0.25) is 11.8 Å². The Morgan fingerprint density at radius 2 is 1.25 bits per heavy atom. The molecule has 18 heteroatoms. The highest BCUT2D eigenvalue weighted by atomic mass is 19.3. The van der Waals surface area contributed by atoms with Crippen LogP contribution in [0, 0.1) is 11.6 Å². The Balaban J connectivity index is 0.000000196. The molecule has 6 heterocycles. The molecule has 324 valence electrons. The van der Waals surface area contributed by atoms with Gasteiger partial charge in [-0.1, -0.05) is 19.9 Å². The second-order valence-corrected chi connectivity index (χ2v) is 15.1. The molecule has 4 aromatic heterocycles. The fraction of sp³-hybridized carbons (Fsp3) is 0.395.